The van der Waals surface area contributed by atoms with Crippen LogP contribution in [-0.2, 0) is 0 Å². The van der Waals surface area contributed by atoms with Gasteiger partial charge >= 0.3 is 0 Å². The Morgan fingerprint density at radius 2 is 1.89 bits per heavy atom. The maximum atomic E-state index is 3.58. The number of rotatable bonds is 7. The van der Waals surface area contributed by atoms with Gasteiger partial charge in [-0.05, 0) is 57.5 Å². The van der Waals surface area contributed by atoms with E-state index in [-0.39, 0.29) is 0 Å². The van der Waals surface area contributed by atoms with Gasteiger partial charge in [-0.25, -0.2) is 0 Å². The van der Waals surface area contributed by atoms with Gasteiger partial charge in [-0.15, -0.1) is 0 Å². The van der Waals surface area contributed by atoms with E-state index in [2.05, 4.69) is 31.1 Å². The lowest BCUT2D eigenvalue weighted by Crippen LogP contribution is -2.45. The molecule has 2 aliphatic carbocycles. The summed E-state index contributed by atoms with van der Waals surface area (Å²) in [6, 6.07) is 1.70. The Labute approximate surface area is 114 Å². The molecule has 0 saturated heterocycles. The molecule has 106 valence electrons. The van der Waals surface area contributed by atoms with Crippen molar-refractivity contribution in [3.63, 3.8) is 0 Å². The first-order valence-corrected chi connectivity index (χ1v) is 8.19. The van der Waals surface area contributed by atoms with Gasteiger partial charge in [0.2, 0.25) is 0 Å². The molecule has 2 fully saturated rings. The molecule has 1 N–H and O–H groups in total. The van der Waals surface area contributed by atoms with Gasteiger partial charge < -0.3 is 10.2 Å². The van der Waals surface area contributed by atoms with Gasteiger partial charge in [-0.3, -0.25) is 0 Å². The number of hydrogen-bond acceptors (Lipinski definition) is 2. The quantitative estimate of drug-likeness (QED) is 0.748. The molecule has 0 heterocycles. The molecule has 2 heteroatoms. The third-order valence-corrected chi connectivity index (χ3v) is 5.10. The first-order chi connectivity index (χ1) is 8.78. The van der Waals surface area contributed by atoms with Crippen LogP contribution in [0.4, 0.5) is 0 Å². The van der Waals surface area contributed by atoms with Crippen molar-refractivity contribution in [3.05, 3.63) is 0 Å². The molecule has 2 rings (SSSR count). The lowest BCUT2D eigenvalue weighted by Gasteiger charge is -2.39. The molecule has 0 aromatic heterocycles. The molecule has 0 aliphatic heterocycles. The predicted molar refractivity (Wildman–Crippen MR) is 78.9 cm³/mol. The van der Waals surface area contributed by atoms with Crippen LogP contribution in [0.25, 0.3) is 0 Å². The Morgan fingerprint density at radius 1 is 1.11 bits per heavy atom. The first kappa shape index (κ1) is 14.3. The summed E-state index contributed by atoms with van der Waals surface area (Å²) in [6.07, 6.45) is 10.0. The Kier molecular flexibility index (Phi) is 5.50. The second-order valence-corrected chi connectivity index (χ2v) is 6.44. The van der Waals surface area contributed by atoms with Gasteiger partial charge in [-0.2, -0.15) is 0 Å². The molecular weight excluding hydrogens is 220 g/mol. The van der Waals surface area contributed by atoms with Gasteiger partial charge in [-0.1, -0.05) is 26.7 Å². The van der Waals surface area contributed by atoms with Crippen molar-refractivity contribution in [2.45, 2.75) is 70.9 Å². The smallest absolute Gasteiger partial charge is 0.0105 e. The minimum atomic E-state index is 0.769. The molecule has 0 amide bonds. The third kappa shape index (κ3) is 3.71. The van der Waals surface area contributed by atoms with E-state index in [1.807, 2.05) is 0 Å². The zero-order valence-electron chi connectivity index (χ0n) is 12.6. The van der Waals surface area contributed by atoms with E-state index in [0.717, 1.165) is 23.9 Å². The van der Waals surface area contributed by atoms with Gasteiger partial charge in [0.15, 0.2) is 0 Å². The molecule has 3 unspecified atom stereocenters. The topological polar surface area (TPSA) is 15.3 Å². The summed E-state index contributed by atoms with van der Waals surface area (Å²) in [5, 5.41) is 3.58. The van der Waals surface area contributed by atoms with Crippen LogP contribution in [0.1, 0.15) is 58.8 Å². The summed E-state index contributed by atoms with van der Waals surface area (Å²) in [6.45, 7) is 7.25. The van der Waals surface area contributed by atoms with Crippen molar-refractivity contribution in [1.29, 1.82) is 0 Å². The standard InChI is InChI=1S/C16H32N2/c1-4-6-13-7-10-16(17-3)14(11-13)12-18(5-2)15-8-9-15/h13-17H,4-12H2,1-3H3. The Balaban J connectivity index is 1.88. The lowest BCUT2D eigenvalue weighted by molar-refractivity contribution is 0.138. The van der Waals surface area contributed by atoms with Gasteiger partial charge in [0.05, 0.1) is 0 Å². The van der Waals surface area contributed by atoms with Crippen molar-refractivity contribution in [3.8, 4) is 0 Å². The molecule has 0 aromatic rings. The largest absolute Gasteiger partial charge is 0.317 e. The highest BCUT2D eigenvalue weighted by Gasteiger charge is 2.34. The van der Waals surface area contributed by atoms with Crippen LogP contribution in [0.5, 0.6) is 0 Å². The van der Waals surface area contributed by atoms with Crippen molar-refractivity contribution < 1.29 is 0 Å². The van der Waals surface area contributed by atoms with E-state index in [0.29, 0.717) is 0 Å². The maximum absolute atomic E-state index is 3.58. The normalized spacial score (nSPS) is 33.0. The van der Waals surface area contributed by atoms with Crippen LogP contribution in [0, 0.1) is 11.8 Å². The second-order valence-electron chi connectivity index (χ2n) is 6.44. The fourth-order valence-corrected chi connectivity index (χ4v) is 3.89. The molecule has 0 spiro atoms. The molecule has 2 nitrogen and oxygen atoms in total. The number of nitrogens with zero attached hydrogens (tertiary/aromatic N) is 1. The molecule has 3 atom stereocenters. The summed E-state index contributed by atoms with van der Waals surface area (Å²) in [5.74, 6) is 1.89. The van der Waals surface area contributed by atoms with E-state index in [1.165, 1.54) is 58.0 Å². The zero-order valence-corrected chi connectivity index (χ0v) is 12.6. The fourth-order valence-electron chi connectivity index (χ4n) is 3.89. The number of nitrogens with one attached hydrogen (secondary N) is 1. The van der Waals surface area contributed by atoms with E-state index in [9.17, 15) is 0 Å². The number of hydrogen-bond donors (Lipinski definition) is 1. The van der Waals surface area contributed by atoms with Crippen molar-refractivity contribution in [2.75, 3.05) is 20.1 Å². The molecule has 0 radical (unpaired) electrons. The van der Waals surface area contributed by atoms with Crippen LogP contribution in [0.3, 0.4) is 0 Å². The van der Waals surface area contributed by atoms with E-state index < -0.39 is 0 Å². The van der Waals surface area contributed by atoms with Crippen LogP contribution >= 0.6 is 0 Å². The zero-order chi connectivity index (χ0) is 13.0. The van der Waals surface area contributed by atoms with Crippen molar-refractivity contribution in [2.24, 2.45) is 11.8 Å². The van der Waals surface area contributed by atoms with Crippen LogP contribution in [0.15, 0.2) is 0 Å². The van der Waals surface area contributed by atoms with E-state index >= 15 is 0 Å². The van der Waals surface area contributed by atoms with Crippen LogP contribution < -0.4 is 5.32 Å². The monoisotopic (exact) mass is 252 g/mol. The molecule has 0 bridgehead atoms. The molecule has 18 heavy (non-hydrogen) atoms. The Bertz CT molecular complexity index is 237. The van der Waals surface area contributed by atoms with E-state index in [1.54, 1.807) is 0 Å². The van der Waals surface area contributed by atoms with Crippen LogP contribution in [0.2, 0.25) is 0 Å². The predicted octanol–water partition coefficient (Wildman–Crippen LogP) is 3.28. The lowest BCUT2D eigenvalue weighted by atomic mass is 9.76. The molecule has 2 aliphatic rings. The second kappa shape index (κ2) is 6.91. The van der Waals surface area contributed by atoms with Crippen molar-refractivity contribution in [1.82, 2.24) is 10.2 Å². The summed E-state index contributed by atoms with van der Waals surface area (Å²) < 4.78 is 0. The summed E-state index contributed by atoms with van der Waals surface area (Å²) in [4.78, 5) is 2.74. The van der Waals surface area contributed by atoms with Gasteiger partial charge in [0.25, 0.3) is 0 Å². The molecule has 2 saturated carbocycles. The first-order valence-electron chi connectivity index (χ1n) is 8.19. The fraction of sp³-hybridized carbons (Fsp3) is 1.00. The average molecular weight is 252 g/mol. The van der Waals surface area contributed by atoms with Gasteiger partial charge in [0, 0.05) is 18.6 Å². The molecular formula is C16H32N2. The minimum absolute atomic E-state index is 0.769. The Morgan fingerprint density at radius 3 is 2.44 bits per heavy atom. The minimum Gasteiger partial charge on any atom is -0.317 e. The average Bonchev–Trinajstić information content (AvgIpc) is 3.21. The van der Waals surface area contributed by atoms with Crippen molar-refractivity contribution >= 4 is 0 Å². The van der Waals surface area contributed by atoms with E-state index in [4.69, 9.17) is 0 Å². The summed E-state index contributed by atoms with van der Waals surface area (Å²) in [7, 11) is 2.16. The highest BCUT2D eigenvalue weighted by molar-refractivity contribution is 4.90. The third-order valence-electron chi connectivity index (χ3n) is 5.10. The summed E-state index contributed by atoms with van der Waals surface area (Å²) >= 11 is 0. The Hall–Kier alpha value is -0.0800. The maximum Gasteiger partial charge on any atom is 0.0105 e. The van der Waals surface area contributed by atoms with Gasteiger partial charge in [0.1, 0.15) is 0 Å². The summed E-state index contributed by atoms with van der Waals surface area (Å²) in [5.41, 5.74) is 0. The molecule has 0 aromatic carbocycles. The highest BCUT2D eigenvalue weighted by atomic mass is 15.2. The van der Waals surface area contributed by atoms with Crippen LogP contribution in [-0.4, -0.2) is 37.1 Å². The highest BCUT2D eigenvalue weighted by Crippen LogP contribution is 2.35. The SMILES string of the molecule is CCCC1CCC(NC)C(CN(CC)C2CC2)C1.